The normalized spacial score (nSPS) is 25.0. The second kappa shape index (κ2) is 10.4. The Morgan fingerprint density at radius 1 is 0.900 bits per heavy atom. The molecule has 0 aromatic carbocycles. The summed E-state index contributed by atoms with van der Waals surface area (Å²) in [7, 11) is -1.79. The summed E-state index contributed by atoms with van der Waals surface area (Å²) in [6.45, 7) is 4.77. The molecule has 1 unspecified atom stereocenters. The molecule has 0 bridgehead atoms. The van der Waals surface area contributed by atoms with Crippen LogP contribution in [0, 0.1) is 5.92 Å². The first-order valence-electron chi connectivity index (χ1n) is 11.6. The number of likely N-dealkylation sites (tertiary alicyclic amines) is 1. The van der Waals surface area contributed by atoms with Crippen LogP contribution in [0.1, 0.15) is 64.7 Å². The molecule has 1 atom stereocenters. The Bertz CT molecular complexity index is 700. The number of hydrogen-bond donors (Lipinski definition) is 0. The number of carbonyl (C=O) groups excluding carboxylic acids is 2. The van der Waals surface area contributed by atoms with Crippen molar-refractivity contribution < 1.29 is 18.0 Å². The smallest absolute Gasteiger partial charge is 0.282 e. The lowest BCUT2D eigenvalue weighted by Gasteiger charge is -2.40. The molecule has 2 saturated heterocycles. The largest absolute Gasteiger partial charge is 0.342 e. The van der Waals surface area contributed by atoms with Gasteiger partial charge in [0.2, 0.25) is 11.8 Å². The maximum Gasteiger partial charge on any atom is 0.282 e. The Balaban J connectivity index is 1.53. The molecule has 0 radical (unpaired) electrons. The number of piperidine rings is 1. The molecule has 172 valence electrons. The number of nitrogens with zero attached hydrogens (tertiary/aromatic N) is 4. The second-order valence-electron chi connectivity index (χ2n) is 8.97. The zero-order chi connectivity index (χ0) is 21.7. The number of rotatable bonds is 6. The molecule has 8 nitrogen and oxygen atoms in total. The van der Waals surface area contributed by atoms with Crippen molar-refractivity contribution in [1.29, 1.82) is 0 Å². The highest BCUT2D eigenvalue weighted by Crippen LogP contribution is 2.26. The fourth-order valence-corrected chi connectivity index (χ4v) is 6.57. The van der Waals surface area contributed by atoms with Gasteiger partial charge in [-0.2, -0.15) is 17.0 Å². The van der Waals surface area contributed by atoms with Crippen molar-refractivity contribution in [2.45, 2.75) is 70.8 Å². The Kier molecular flexibility index (Phi) is 8.15. The minimum absolute atomic E-state index is 0.0710. The first-order valence-corrected chi connectivity index (χ1v) is 13.0. The average molecular weight is 443 g/mol. The van der Waals surface area contributed by atoms with Crippen LogP contribution >= 0.6 is 0 Å². The molecular formula is C21H38N4O4S. The van der Waals surface area contributed by atoms with Crippen molar-refractivity contribution in [2.75, 3.05) is 46.3 Å². The van der Waals surface area contributed by atoms with E-state index in [1.165, 1.54) is 10.7 Å². The van der Waals surface area contributed by atoms with Crippen LogP contribution in [-0.4, -0.2) is 91.0 Å². The van der Waals surface area contributed by atoms with Crippen LogP contribution in [0.4, 0.5) is 0 Å². The quantitative estimate of drug-likeness (QED) is 0.627. The van der Waals surface area contributed by atoms with Crippen LogP contribution in [-0.2, 0) is 19.8 Å². The topological polar surface area (TPSA) is 81.2 Å². The zero-order valence-corrected chi connectivity index (χ0v) is 19.4. The highest BCUT2D eigenvalue weighted by molar-refractivity contribution is 7.86. The molecule has 2 heterocycles. The summed E-state index contributed by atoms with van der Waals surface area (Å²) in [4.78, 5) is 28.9. The van der Waals surface area contributed by atoms with Crippen LogP contribution in [0.5, 0.6) is 0 Å². The molecular weight excluding hydrogens is 404 g/mol. The van der Waals surface area contributed by atoms with Crippen LogP contribution in [0.25, 0.3) is 0 Å². The predicted octanol–water partition coefficient (Wildman–Crippen LogP) is 1.68. The fraction of sp³-hybridized carbons (Fsp3) is 0.905. The number of amides is 2. The van der Waals surface area contributed by atoms with E-state index in [-0.39, 0.29) is 23.8 Å². The van der Waals surface area contributed by atoms with Gasteiger partial charge in [-0.3, -0.25) is 9.59 Å². The maximum atomic E-state index is 13.0. The number of carbonyl (C=O) groups is 2. The summed E-state index contributed by atoms with van der Waals surface area (Å²) < 4.78 is 29.2. The summed E-state index contributed by atoms with van der Waals surface area (Å²) in [5, 5.41) is 0. The molecule has 3 fully saturated rings. The van der Waals surface area contributed by atoms with E-state index in [1.807, 2.05) is 11.8 Å². The van der Waals surface area contributed by atoms with Gasteiger partial charge in [-0.1, -0.05) is 26.2 Å². The molecule has 0 aromatic rings. The van der Waals surface area contributed by atoms with Crippen LogP contribution in [0.3, 0.4) is 0 Å². The highest BCUT2D eigenvalue weighted by atomic mass is 32.2. The van der Waals surface area contributed by atoms with Crippen molar-refractivity contribution >= 4 is 22.0 Å². The minimum Gasteiger partial charge on any atom is -0.342 e. The Morgan fingerprint density at radius 3 is 2.20 bits per heavy atom. The third kappa shape index (κ3) is 5.34. The molecule has 2 amide bonds. The third-order valence-corrected chi connectivity index (χ3v) is 8.96. The van der Waals surface area contributed by atoms with Crippen molar-refractivity contribution in [2.24, 2.45) is 5.92 Å². The van der Waals surface area contributed by atoms with E-state index in [0.29, 0.717) is 39.1 Å². The van der Waals surface area contributed by atoms with Gasteiger partial charge >= 0.3 is 0 Å². The molecule has 1 aliphatic carbocycles. The van der Waals surface area contributed by atoms with E-state index in [2.05, 4.69) is 0 Å². The van der Waals surface area contributed by atoms with E-state index in [4.69, 9.17) is 0 Å². The van der Waals surface area contributed by atoms with Gasteiger partial charge in [0, 0.05) is 58.8 Å². The first kappa shape index (κ1) is 23.5. The van der Waals surface area contributed by atoms with Gasteiger partial charge in [0.15, 0.2) is 0 Å². The van der Waals surface area contributed by atoms with Crippen LogP contribution < -0.4 is 0 Å². The van der Waals surface area contributed by atoms with Gasteiger partial charge < -0.3 is 9.80 Å². The summed E-state index contributed by atoms with van der Waals surface area (Å²) in [5.41, 5.74) is 0. The van der Waals surface area contributed by atoms with Gasteiger partial charge in [-0.05, 0) is 32.1 Å². The molecule has 0 N–H and O–H groups in total. The van der Waals surface area contributed by atoms with Gasteiger partial charge in [0.05, 0.1) is 5.92 Å². The molecule has 0 spiro atoms. The van der Waals surface area contributed by atoms with Crippen LogP contribution in [0.15, 0.2) is 0 Å². The molecule has 9 heteroatoms. The molecule has 0 aromatic heterocycles. The average Bonchev–Trinajstić information content (AvgIpc) is 2.79. The molecule has 1 saturated carbocycles. The summed E-state index contributed by atoms with van der Waals surface area (Å²) in [6.07, 6.45) is 8.24. The van der Waals surface area contributed by atoms with Gasteiger partial charge in [-0.15, -0.1) is 0 Å². The molecule has 3 rings (SSSR count). The van der Waals surface area contributed by atoms with E-state index in [1.54, 1.807) is 16.3 Å². The lowest BCUT2D eigenvalue weighted by atomic mass is 9.96. The third-order valence-electron chi connectivity index (χ3n) is 6.92. The predicted molar refractivity (Wildman–Crippen MR) is 116 cm³/mol. The van der Waals surface area contributed by atoms with Crippen molar-refractivity contribution in [3.8, 4) is 0 Å². The van der Waals surface area contributed by atoms with E-state index in [0.717, 1.165) is 51.5 Å². The lowest BCUT2D eigenvalue weighted by molar-refractivity contribution is -0.141. The maximum absolute atomic E-state index is 13.0. The number of hydrogen-bond acceptors (Lipinski definition) is 4. The van der Waals surface area contributed by atoms with Crippen molar-refractivity contribution in [1.82, 2.24) is 18.4 Å². The Hall–Kier alpha value is -1.19. The standard InChI is InChI=1S/C21H38N4O4S/c1-3-8-20(26)24-12-7-9-18(17-24)21(27)23-13-15-25(16-14-23)30(28,29)22(2)19-10-5-4-6-11-19/h18-19H,3-17H2,1-2H3. The highest BCUT2D eigenvalue weighted by Gasteiger charge is 2.37. The Labute approximate surface area is 181 Å². The SMILES string of the molecule is CCCC(=O)N1CCCC(C(=O)N2CCN(S(=O)(=O)N(C)C3CCCCC3)CC2)C1. The molecule has 3 aliphatic rings. The zero-order valence-electron chi connectivity index (χ0n) is 18.6. The van der Waals surface area contributed by atoms with Gasteiger partial charge in [0.25, 0.3) is 10.2 Å². The van der Waals surface area contributed by atoms with E-state index >= 15 is 0 Å². The summed E-state index contributed by atoms with van der Waals surface area (Å²) >= 11 is 0. The first-order chi connectivity index (χ1) is 14.3. The second-order valence-corrected chi connectivity index (χ2v) is 11.0. The minimum atomic E-state index is -3.49. The Morgan fingerprint density at radius 2 is 1.57 bits per heavy atom. The van der Waals surface area contributed by atoms with Crippen molar-refractivity contribution in [3.05, 3.63) is 0 Å². The van der Waals surface area contributed by atoms with Gasteiger partial charge in [0.1, 0.15) is 0 Å². The fourth-order valence-electron chi connectivity index (χ4n) is 4.99. The van der Waals surface area contributed by atoms with Gasteiger partial charge in [-0.25, -0.2) is 0 Å². The van der Waals surface area contributed by atoms with Crippen LogP contribution in [0.2, 0.25) is 0 Å². The number of piperazine rings is 1. The monoisotopic (exact) mass is 442 g/mol. The molecule has 30 heavy (non-hydrogen) atoms. The lowest BCUT2D eigenvalue weighted by Crippen LogP contribution is -2.56. The molecule has 2 aliphatic heterocycles. The van der Waals surface area contributed by atoms with E-state index in [9.17, 15) is 18.0 Å². The summed E-state index contributed by atoms with van der Waals surface area (Å²) in [5.74, 6) is 0.0472. The van der Waals surface area contributed by atoms with Crippen molar-refractivity contribution in [3.63, 3.8) is 0 Å². The van der Waals surface area contributed by atoms with E-state index < -0.39 is 10.2 Å². The summed E-state index contributed by atoms with van der Waals surface area (Å²) in [6, 6.07) is 0.0947.